The Morgan fingerprint density at radius 2 is 1.66 bits per heavy atom. The maximum absolute atomic E-state index is 12.8. The van der Waals surface area contributed by atoms with Crippen molar-refractivity contribution in [2.24, 2.45) is 0 Å². The average molecular weight is 476 g/mol. The molecule has 0 aliphatic heterocycles. The lowest BCUT2D eigenvalue weighted by atomic mass is 10.2. The van der Waals surface area contributed by atoms with Gasteiger partial charge in [-0.05, 0) is 24.3 Å². The van der Waals surface area contributed by atoms with Crippen LogP contribution in [-0.4, -0.2) is 24.3 Å². The van der Waals surface area contributed by atoms with Crippen molar-refractivity contribution in [2.75, 3.05) is 0 Å². The van der Waals surface area contributed by atoms with Gasteiger partial charge < -0.3 is 4.98 Å². The molecule has 0 aliphatic rings. The van der Waals surface area contributed by atoms with Crippen LogP contribution in [0.2, 0.25) is 5.02 Å². The van der Waals surface area contributed by atoms with Crippen molar-refractivity contribution in [3.8, 4) is 11.5 Å². The van der Waals surface area contributed by atoms with Crippen molar-refractivity contribution in [2.45, 2.75) is 12.4 Å². The van der Waals surface area contributed by atoms with Crippen LogP contribution in [0.25, 0.3) is 22.4 Å². The highest BCUT2D eigenvalue weighted by Gasteiger charge is 2.33. The van der Waals surface area contributed by atoms with Gasteiger partial charge in [-0.15, -0.1) is 0 Å². The van der Waals surface area contributed by atoms with Crippen LogP contribution in [0.1, 0.15) is 11.3 Å². The lowest BCUT2D eigenvalue weighted by molar-refractivity contribution is -0.141. The molecule has 7 nitrogen and oxygen atoms in total. The molecule has 14 heteroatoms. The summed E-state index contributed by atoms with van der Waals surface area (Å²) in [6, 6.07) is 4.84. The van der Waals surface area contributed by atoms with Gasteiger partial charge >= 0.3 is 18.0 Å². The van der Waals surface area contributed by atoms with Gasteiger partial charge in [0.05, 0.1) is 28.0 Å². The molecule has 0 aliphatic carbocycles. The van der Waals surface area contributed by atoms with Gasteiger partial charge in [0.15, 0.2) is 5.82 Å². The summed E-state index contributed by atoms with van der Waals surface area (Å²) in [6.07, 6.45) is -7.70. The fourth-order valence-electron chi connectivity index (χ4n) is 2.96. The lowest BCUT2D eigenvalue weighted by Crippen LogP contribution is -2.35. The van der Waals surface area contributed by atoms with E-state index in [1.807, 2.05) is 0 Å². The number of H-pyrrole nitrogens is 1. The molecule has 3 heterocycles. The third-order valence-electron chi connectivity index (χ3n) is 4.40. The second-order valence-electron chi connectivity index (χ2n) is 6.49. The Morgan fingerprint density at radius 1 is 0.938 bits per heavy atom. The molecule has 1 aromatic carbocycles. The van der Waals surface area contributed by atoms with Gasteiger partial charge in [-0.2, -0.15) is 31.4 Å². The second kappa shape index (κ2) is 7.22. The number of fused-ring (bicyclic) bond motifs is 1. The zero-order chi connectivity index (χ0) is 23.4. The number of aromatic nitrogens is 5. The number of aromatic amines is 1. The monoisotopic (exact) mass is 475 g/mol. The second-order valence-corrected chi connectivity index (χ2v) is 6.89. The minimum atomic E-state index is -4.91. The Kier molecular flexibility index (Phi) is 4.88. The standard InChI is InChI=1S/C18H8ClF6N5O2/c19-11-4-9(17(20,21)22)7-26-15(11)30-12-2-1-10(3-8(12)6-27-30)29-14(31)5-13(18(23,24)25)28-16(29)32/h1-7H,(H,28,32). The predicted molar refractivity (Wildman–Crippen MR) is 100 cm³/mol. The number of nitrogens with zero attached hydrogens (tertiary/aromatic N) is 4. The van der Waals surface area contributed by atoms with Gasteiger partial charge in [-0.25, -0.2) is 19.0 Å². The van der Waals surface area contributed by atoms with Crippen molar-refractivity contribution >= 4 is 22.5 Å². The van der Waals surface area contributed by atoms with Gasteiger partial charge in [0, 0.05) is 17.6 Å². The van der Waals surface area contributed by atoms with Gasteiger partial charge in [0.25, 0.3) is 5.56 Å². The van der Waals surface area contributed by atoms with Crippen molar-refractivity contribution < 1.29 is 26.3 Å². The molecule has 0 radical (unpaired) electrons. The molecule has 0 atom stereocenters. The summed E-state index contributed by atoms with van der Waals surface area (Å²) >= 11 is 5.94. The summed E-state index contributed by atoms with van der Waals surface area (Å²) in [7, 11) is 0. The largest absolute Gasteiger partial charge is 0.431 e. The average Bonchev–Trinajstić information content (AvgIpc) is 3.09. The van der Waals surface area contributed by atoms with Crippen LogP contribution in [0.15, 0.2) is 52.3 Å². The highest BCUT2D eigenvalue weighted by atomic mass is 35.5. The minimum Gasteiger partial charge on any atom is -0.303 e. The predicted octanol–water partition coefficient (Wildman–Crippen LogP) is 3.95. The Hall–Kier alpha value is -3.61. The topological polar surface area (TPSA) is 85.6 Å². The van der Waals surface area contributed by atoms with E-state index < -0.39 is 34.9 Å². The molecule has 32 heavy (non-hydrogen) atoms. The minimum absolute atomic E-state index is 0.0523. The van der Waals surface area contributed by atoms with Crippen LogP contribution < -0.4 is 11.2 Å². The van der Waals surface area contributed by atoms with E-state index in [-0.39, 0.29) is 22.6 Å². The van der Waals surface area contributed by atoms with Crippen LogP contribution in [0.4, 0.5) is 26.3 Å². The van der Waals surface area contributed by atoms with E-state index >= 15 is 0 Å². The third kappa shape index (κ3) is 3.75. The van der Waals surface area contributed by atoms with E-state index in [9.17, 15) is 35.9 Å². The van der Waals surface area contributed by atoms with Gasteiger partial charge in [-0.3, -0.25) is 4.79 Å². The summed E-state index contributed by atoms with van der Waals surface area (Å²) in [6.45, 7) is 0. The number of benzene rings is 1. The molecule has 0 bridgehead atoms. The number of nitrogens with one attached hydrogen (secondary N) is 1. The van der Waals surface area contributed by atoms with Crippen LogP contribution in [0, 0.1) is 0 Å². The maximum atomic E-state index is 12.8. The number of halogens is 7. The first kappa shape index (κ1) is 21.6. The number of pyridine rings is 1. The molecule has 0 amide bonds. The molecule has 1 N–H and O–H groups in total. The quantitative estimate of drug-likeness (QED) is 0.445. The van der Waals surface area contributed by atoms with Gasteiger partial charge in [0.1, 0.15) is 5.69 Å². The van der Waals surface area contributed by atoms with Crippen LogP contribution in [-0.2, 0) is 12.4 Å². The molecular formula is C18H8ClF6N5O2. The molecule has 0 saturated heterocycles. The van der Waals surface area contributed by atoms with E-state index in [4.69, 9.17) is 11.6 Å². The molecule has 0 spiro atoms. The Balaban J connectivity index is 1.80. The molecule has 4 aromatic rings. The van der Waals surface area contributed by atoms with Crippen molar-refractivity contribution in [1.29, 1.82) is 0 Å². The summed E-state index contributed by atoms with van der Waals surface area (Å²) in [5.41, 5.74) is -4.79. The molecule has 166 valence electrons. The summed E-state index contributed by atoms with van der Waals surface area (Å²) in [5, 5.41) is 3.99. The van der Waals surface area contributed by atoms with Crippen LogP contribution >= 0.6 is 11.6 Å². The highest BCUT2D eigenvalue weighted by molar-refractivity contribution is 6.32. The molecule has 0 unspecified atom stereocenters. The molecule has 4 rings (SSSR count). The Morgan fingerprint density at radius 3 is 2.25 bits per heavy atom. The Labute approximate surface area is 177 Å². The number of alkyl halides is 6. The Bertz CT molecular complexity index is 1440. The summed E-state index contributed by atoms with van der Waals surface area (Å²) in [5.74, 6) is -0.105. The molecular weight excluding hydrogens is 468 g/mol. The highest BCUT2D eigenvalue weighted by Crippen LogP contribution is 2.32. The first-order valence-electron chi connectivity index (χ1n) is 8.51. The van der Waals surface area contributed by atoms with E-state index in [0.29, 0.717) is 27.7 Å². The normalized spacial score (nSPS) is 12.5. The fourth-order valence-corrected chi connectivity index (χ4v) is 3.21. The van der Waals surface area contributed by atoms with E-state index in [2.05, 4.69) is 10.1 Å². The first-order valence-corrected chi connectivity index (χ1v) is 8.89. The summed E-state index contributed by atoms with van der Waals surface area (Å²) < 4.78 is 78.4. The number of hydrogen-bond acceptors (Lipinski definition) is 4. The zero-order valence-corrected chi connectivity index (χ0v) is 16.0. The number of hydrogen-bond donors (Lipinski definition) is 1. The maximum Gasteiger partial charge on any atom is 0.431 e. The van der Waals surface area contributed by atoms with Crippen molar-refractivity contribution in [1.82, 2.24) is 24.3 Å². The third-order valence-corrected chi connectivity index (χ3v) is 4.68. The fraction of sp³-hybridized carbons (Fsp3) is 0.111. The molecule has 0 fully saturated rings. The SMILES string of the molecule is O=c1cc(C(F)(F)F)[nH]c(=O)n1-c1ccc2c(cnn2-c2ncc(C(F)(F)F)cc2Cl)c1. The first-order chi connectivity index (χ1) is 14.9. The van der Waals surface area contributed by atoms with Crippen molar-refractivity contribution in [3.63, 3.8) is 0 Å². The van der Waals surface area contributed by atoms with E-state index in [1.54, 1.807) is 4.98 Å². The smallest absolute Gasteiger partial charge is 0.303 e. The van der Waals surface area contributed by atoms with Gasteiger partial charge in [-0.1, -0.05) is 11.6 Å². The van der Waals surface area contributed by atoms with Gasteiger partial charge in [0.2, 0.25) is 0 Å². The van der Waals surface area contributed by atoms with Crippen LogP contribution in [0.3, 0.4) is 0 Å². The molecule has 0 saturated carbocycles. The van der Waals surface area contributed by atoms with E-state index in [0.717, 1.165) is 4.68 Å². The summed E-state index contributed by atoms with van der Waals surface area (Å²) in [4.78, 5) is 29.5. The molecule has 3 aromatic heterocycles. The van der Waals surface area contributed by atoms with E-state index in [1.165, 1.54) is 24.4 Å². The van der Waals surface area contributed by atoms with Crippen LogP contribution in [0.5, 0.6) is 0 Å². The zero-order valence-electron chi connectivity index (χ0n) is 15.3. The lowest BCUT2D eigenvalue weighted by Gasteiger charge is -2.10. The van der Waals surface area contributed by atoms with Crippen molar-refractivity contribution in [3.05, 3.63) is 79.8 Å². The number of rotatable bonds is 2.